The summed E-state index contributed by atoms with van der Waals surface area (Å²) in [6, 6.07) is 7.10. The Morgan fingerprint density at radius 1 is 1.07 bits per heavy atom. The molecule has 1 aliphatic rings. The van der Waals surface area contributed by atoms with Gasteiger partial charge in [0.1, 0.15) is 0 Å². The second kappa shape index (κ2) is 8.77. The maximum absolute atomic E-state index is 13.4. The molecule has 29 heavy (non-hydrogen) atoms. The Labute approximate surface area is 173 Å². The zero-order valence-corrected chi connectivity index (χ0v) is 17.4. The molecule has 0 bridgehead atoms. The lowest BCUT2D eigenvalue weighted by molar-refractivity contribution is 0.102. The van der Waals surface area contributed by atoms with Crippen LogP contribution in [-0.2, 0) is 10.0 Å². The highest BCUT2D eigenvalue weighted by molar-refractivity contribution is 7.89. The highest BCUT2D eigenvalue weighted by Gasteiger charge is 2.29. The van der Waals surface area contributed by atoms with Gasteiger partial charge in [-0.15, -0.1) is 0 Å². The van der Waals surface area contributed by atoms with Crippen LogP contribution in [0.5, 0.6) is 0 Å². The molecule has 0 saturated heterocycles. The standard InChI is InChI=1S/C20H21ClF2N2O3S/c1-25(14-5-3-2-4-6-14)29(27,28)15-9-7-13(8-10-15)24-20(26)16-11-18(22)19(23)12-17(16)21/h7-12,14H,2-6H2,1H3,(H,24,26). The predicted molar refractivity (Wildman–Crippen MR) is 108 cm³/mol. The molecule has 1 saturated carbocycles. The van der Waals surface area contributed by atoms with Crippen LogP contribution in [0.4, 0.5) is 14.5 Å². The smallest absolute Gasteiger partial charge is 0.257 e. The van der Waals surface area contributed by atoms with Gasteiger partial charge < -0.3 is 5.32 Å². The van der Waals surface area contributed by atoms with Gasteiger partial charge in [0.15, 0.2) is 11.6 Å². The first kappa shape index (κ1) is 21.7. The molecule has 1 amide bonds. The quantitative estimate of drug-likeness (QED) is 0.675. The fraction of sp³-hybridized carbons (Fsp3) is 0.350. The molecule has 0 aliphatic heterocycles. The Morgan fingerprint density at radius 3 is 2.28 bits per heavy atom. The van der Waals surface area contributed by atoms with Crippen molar-refractivity contribution in [1.82, 2.24) is 4.31 Å². The highest BCUT2D eigenvalue weighted by atomic mass is 35.5. The molecular weight excluding hydrogens is 422 g/mol. The molecule has 9 heteroatoms. The van der Waals surface area contributed by atoms with Gasteiger partial charge in [-0.2, -0.15) is 4.31 Å². The molecule has 1 N–H and O–H groups in total. The molecular formula is C20H21ClF2N2O3S. The molecule has 1 fully saturated rings. The van der Waals surface area contributed by atoms with E-state index < -0.39 is 27.6 Å². The van der Waals surface area contributed by atoms with E-state index in [-0.39, 0.29) is 21.5 Å². The van der Waals surface area contributed by atoms with Gasteiger partial charge in [-0.25, -0.2) is 17.2 Å². The van der Waals surface area contributed by atoms with E-state index in [9.17, 15) is 22.0 Å². The summed E-state index contributed by atoms with van der Waals surface area (Å²) in [6.45, 7) is 0. The molecule has 0 spiro atoms. The van der Waals surface area contributed by atoms with E-state index in [2.05, 4.69) is 5.32 Å². The van der Waals surface area contributed by atoms with Gasteiger partial charge in [-0.1, -0.05) is 30.9 Å². The number of sulfonamides is 1. The maximum atomic E-state index is 13.4. The summed E-state index contributed by atoms with van der Waals surface area (Å²) in [5.41, 5.74) is 0.0781. The van der Waals surface area contributed by atoms with Crippen LogP contribution in [0.15, 0.2) is 41.3 Å². The maximum Gasteiger partial charge on any atom is 0.257 e. The molecule has 2 aromatic rings. The molecule has 1 aliphatic carbocycles. The summed E-state index contributed by atoms with van der Waals surface area (Å²) >= 11 is 5.80. The van der Waals surface area contributed by atoms with Crippen LogP contribution >= 0.6 is 11.6 Å². The third kappa shape index (κ3) is 4.76. The van der Waals surface area contributed by atoms with E-state index in [1.165, 1.54) is 28.6 Å². The number of hydrogen-bond acceptors (Lipinski definition) is 3. The van der Waals surface area contributed by atoms with Crippen LogP contribution in [0.2, 0.25) is 5.02 Å². The fourth-order valence-electron chi connectivity index (χ4n) is 3.41. The van der Waals surface area contributed by atoms with E-state index >= 15 is 0 Å². The number of amides is 1. The normalized spacial score (nSPS) is 15.5. The van der Waals surface area contributed by atoms with E-state index in [0.29, 0.717) is 11.8 Å². The van der Waals surface area contributed by atoms with Crippen molar-refractivity contribution < 1.29 is 22.0 Å². The largest absolute Gasteiger partial charge is 0.322 e. The Bertz CT molecular complexity index is 1010. The predicted octanol–water partition coefficient (Wildman–Crippen LogP) is 4.82. The van der Waals surface area contributed by atoms with E-state index in [1.54, 1.807) is 7.05 Å². The van der Waals surface area contributed by atoms with E-state index in [4.69, 9.17) is 11.6 Å². The number of nitrogens with zero attached hydrogens (tertiary/aromatic N) is 1. The first-order valence-corrected chi connectivity index (χ1v) is 11.1. The lowest BCUT2D eigenvalue weighted by Crippen LogP contribution is -2.38. The van der Waals surface area contributed by atoms with Gasteiger partial charge in [0, 0.05) is 18.8 Å². The summed E-state index contributed by atoms with van der Waals surface area (Å²) < 4.78 is 53.6. The second-order valence-corrected chi connectivity index (χ2v) is 9.44. The van der Waals surface area contributed by atoms with Crippen molar-refractivity contribution in [3.63, 3.8) is 0 Å². The van der Waals surface area contributed by atoms with Gasteiger partial charge >= 0.3 is 0 Å². The average molecular weight is 443 g/mol. The topological polar surface area (TPSA) is 66.5 Å². The summed E-state index contributed by atoms with van der Waals surface area (Å²) in [7, 11) is -2.06. The summed E-state index contributed by atoms with van der Waals surface area (Å²) in [5.74, 6) is -3.07. The molecule has 0 atom stereocenters. The Kier molecular flexibility index (Phi) is 6.55. The number of carbonyl (C=O) groups excluding carboxylic acids is 1. The first-order chi connectivity index (χ1) is 13.7. The monoisotopic (exact) mass is 442 g/mol. The van der Waals surface area contributed by atoms with Gasteiger partial charge in [0.2, 0.25) is 10.0 Å². The summed E-state index contributed by atoms with van der Waals surface area (Å²) in [6.07, 6.45) is 4.85. The van der Waals surface area contributed by atoms with Crippen LogP contribution in [-0.4, -0.2) is 31.7 Å². The van der Waals surface area contributed by atoms with E-state index in [1.807, 2.05) is 0 Å². The van der Waals surface area contributed by atoms with E-state index in [0.717, 1.165) is 38.2 Å². The molecule has 0 unspecified atom stereocenters. The number of halogens is 3. The van der Waals surface area contributed by atoms with Crippen LogP contribution in [0.3, 0.4) is 0 Å². The summed E-state index contributed by atoms with van der Waals surface area (Å²) in [4.78, 5) is 12.4. The lowest BCUT2D eigenvalue weighted by Gasteiger charge is -2.30. The lowest BCUT2D eigenvalue weighted by atomic mass is 9.96. The fourth-order valence-corrected chi connectivity index (χ4v) is 5.06. The van der Waals surface area contributed by atoms with Crippen LogP contribution in [0.1, 0.15) is 42.5 Å². The van der Waals surface area contributed by atoms with Crippen molar-refractivity contribution in [3.8, 4) is 0 Å². The van der Waals surface area contributed by atoms with Crippen molar-refractivity contribution in [1.29, 1.82) is 0 Å². The minimum atomic E-state index is -3.64. The number of benzene rings is 2. The third-order valence-corrected chi connectivity index (χ3v) is 7.37. The van der Waals surface area contributed by atoms with Crippen molar-refractivity contribution in [2.75, 3.05) is 12.4 Å². The van der Waals surface area contributed by atoms with Gasteiger partial charge in [0.05, 0.1) is 15.5 Å². The number of carbonyl (C=O) groups is 1. The Morgan fingerprint density at radius 2 is 1.66 bits per heavy atom. The zero-order chi connectivity index (χ0) is 21.2. The first-order valence-electron chi connectivity index (χ1n) is 9.24. The SMILES string of the molecule is CN(C1CCCCC1)S(=O)(=O)c1ccc(NC(=O)c2cc(F)c(F)cc2Cl)cc1. The molecule has 0 aromatic heterocycles. The van der Waals surface area contributed by atoms with Crippen LogP contribution < -0.4 is 5.32 Å². The molecule has 3 rings (SSSR count). The van der Waals surface area contributed by atoms with Crippen molar-refractivity contribution >= 4 is 33.2 Å². The number of nitrogens with one attached hydrogen (secondary N) is 1. The van der Waals surface area contributed by atoms with Crippen molar-refractivity contribution in [2.24, 2.45) is 0 Å². The van der Waals surface area contributed by atoms with Gasteiger partial charge in [-0.05, 0) is 49.2 Å². The minimum absolute atomic E-state index is 0.0105. The molecule has 0 radical (unpaired) electrons. The second-order valence-electron chi connectivity index (χ2n) is 7.04. The highest BCUT2D eigenvalue weighted by Crippen LogP contribution is 2.27. The zero-order valence-electron chi connectivity index (χ0n) is 15.8. The van der Waals surface area contributed by atoms with Gasteiger partial charge in [-0.3, -0.25) is 4.79 Å². The van der Waals surface area contributed by atoms with Crippen molar-refractivity contribution in [3.05, 3.63) is 58.6 Å². The van der Waals surface area contributed by atoms with Gasteiger partial charge in [0.25, 0.3) is 5.91 Å². The Balaban J connectivity index is 1.74. The Hall–Kier alpha value is -2.03. The molecule has 0 heterocycles. The third-order valence-electron chi connectivity index (χ3n) is 5.13. The number of hydrogen-bond donors (Lipinski definition) is 1. The average Bonchev–Trinajstić information content (AvgIpc) is 2.71. The van der Waals surface area contributed by atoms with Crippen LogP contribution in [0, 0.1) is 11.6 Å². The molecule has 5 nitrogen and oxygen atoms in total. The number of anilines is 1. The minimum Gasteiger partial charge on any atom is -0.322 e. The molecule has 2 aromatic carbocycles. The molecule has 156 valence electrons. The summed E-state index contributed by atoms with van der Waals surface area (Å²) in [5, 5.41) is 2.27. The number of rotatable bonds is 5. The van der Waals surface area contributed by atoms with Crippen LogP contribution in [0.25, 0.3) is 0 Å². The van der Waals surface area contributed by atoms with Crippen molar-refractivity contribution in [2.45, 2.75) is 43.0 Å².